The molecule has 1 atom stereocenters. The van der Waals surface area contributed by atoms with Crippen LogP contribution < -0.4 is 10.6 Å². The maximum Gasteiger partial charge on any atom is 0.305 e. The third kappa shape index (κ3) is 4.93. The fourth-order valence-corrected chi connectivity index (χ4v) is 2.65. The molecule has 116 valence electrons. The Balaban J connectivity index is 2.93. The number of hydrogen-bond acceptors (Lipinski definition) is 5. The Kier molecular flexibility index (Phi) is 7.01. The van der Waals surface area contributed by atoms with Crippen molar-refractivity contribution in [1.82, 2.24) is 5.32 Å². The predicted molar refractivity (Wildman–Crippen MR) is 87.1 cm³/mol. The minimum absolute atomic E-state index is 0.0924. The molecule has 0 saturated heterocycles. The molecule has 1 rings (SSSR count). The molecule has 0 heterocycles. The van der Waals surface area contributed by atoms with Crippen molar-refractivity contribution in [3.05, 3.63) is 33.9 Å². The molecular formula is C14H21N3O3S. The number of carbonyl (C=O) groups is 1. The van der Waals surface area contributed by atoms with Crippen LogP contribution in [-0.4, -0.2) is 35.9 Å². The second-order valence-corrected chi connectivity index (χ2v) is 5.67. The average Bonchev–Trinajstić information content (AvgIpc) is 2.45. The number of thioether (sulfide) groups is 1. The third-order valence-electron chi connectivity index (χ3n) is 2.89. The highest BCUT2D eigenvalue weighted by Crippen LogP contribution is 2.28. The van der Waals surface area contributed by atoms with Crippen molar-refractivity contribution in [2.75, 3.05) is 30.4 Å². The summed E-state index contributed by atoms with van der Waals surface area (Å²) in [5.41, 5.74) is 0.288. The van der Waals surface area contributed by atoms with Crippen LogP contribution in [0.3, 0.4) is 0 Å². The molecule has 1 amide bonds. The Labute approximate surface area is 128 Å². The number of nitro groups is 1. The number of nitrogens with zero attached hydrogens (tertiary/aromatic N) is 1. The molecule has 21 heavy (non-hydrogen) atoms. The normalized spacial score (nSPS) is 11.8. The second kappa shape index (κ2) is 8.51. The summed E-state index contributed by atoms with van der Waals surface area (Å²) in [6, 6.07) is 4.73. The van der Waals surface area contributed by atoms with Gasteiger partial charge in [0.1, 0.15) is 11.3 Å². The maximum atomic E-state index is 12.2. The molecule has 0 radical (unpaired) electrons. The number of hydrogen-bond donors (Lipinski definition) is 2. The number of carbonyl (C=O) groups excluding carboxylic acids is 1. The van der Waals surface area contributed by atoms with Crippen LogP contribution in [0.2, 0.25) is 0 Å². The lowest BCUT2D eigenvalue weighted by Gasteiger charge is -2.12. The minimum atomic E-state index is -0.516. The topological polar surface area (TPSA) is 84.3 Å². The summed E-state index contributed by atoms with van der Waals surface area (Å²) >= 11 is 1.70. The van der Waals surface area contributed by atoms with Gasteiger partial charge in [-0.15, -0.1) is 0 Å². The van der Waals surface area contributed by atoms with Crippen molar-refractivity contribution >= 4 is 29.0 Å². The van der Waals surface area contributed by atoms with Crippen molar-refractivity contribution in [2.45, 2.75) is 13.8 Å². The number of nitro benzene ring substituents is 1. The molecular weight excluding hydrogens is 290 g/mol. The monoisotopic (exact) mass is 311 g/mol. The molecule has 0 bridgehead atoms. The van der Waals surface area contributed by atoms with Gasteiger partial charge in [-0.1, -0.05) is 13.0 Å². The molecule has 2 N–H and O–H groups in total. The summed E-state index contributed by atoms with van der Waals surface area (Å²) in [6.07, 6.45) is 2.00. The Morgan fingerprint density at radius 2 is 2.19 bits per heavy atom. The summed E-state index contributed by atoms with van der Waals surface area (Å²) < 4.78 is 0. The standard InChI is InChI=1S/C14H21N3O3S/c1-4-15-12-7-5-6-11(13(12)17(19)20)14(18)16-8-10(2)9-21-3/h5-7,10,15H,4,8-9H2,1-3H3,(H,16,18). The quantitative estimate of drug-likeness (QED) is 0.569. The lowest BCUT2D eigenvalue weighted by Crippen LogP contribution is -2.29. The van der Waals surface area contributed by atoms with E-state index in [0.29, 0.717) is 24.7 Å². The minimum Gasteiger partial charge on any atom is -0.380 e. The lowest BCUT2D eigenvalue weighted by molar-refractivity contribution is -0.384. The maximum absolute atomic E-state index is 12.2. The van der Waals surface area contributed by atoms with Crippen molar-refractivity contribution in [2.24, 2.45) is 5.92 Å². The Morgan fingerprint density at radius 1 is 1.48 bits per heavy atom. The molecule has 0 saturated carbocycles. The van der Waals surface area contributed by atoms with E-state index in [2.05, 4.69) is 10.6 Å². The van der Waals surface area contributed by atoms with E-state index >= 15 is 0 Å². The van der Waals surface area contributed by atoms with Gasteiger partial charge >= 0.3 is 5.69 Å². The Bertz CT molecular complexity index is 508. The van der Waals surface area contributed by atoms with Gasteiger partial charge in [-0.25, -0.2) is 0 Å². The smallest absolute Gasteiger partial charge is 0.305 e. The zero-order valence-electron chi connectivity index (χ0n) is 12.5. The molecule has 0 fully saturated rings. The van der Waals surface area contributed by atoms with Crippen LogP contribution in [0.1, 0.15) is 24.2 Å². The predicted octanol–water partition coefficient (Wildman–Crippen LogP) is 2.76. The van der Waals surface area contributed by atoms with Crippen LogP contribution in [0.5, 0.6) is 0 Å². The highest BCUT2D eigenvalue weighted by molar-refractivity contribution is 7.98. The van der Waals surface area contributed by atoms with Gasteiger partial charge in [0.25, 0.3) is 5.91 Å². The molecule has 7 heteroatoms. The van der Waals surface area contributed by atoms with Crippen LogP contribution in [0.4, 0.5) is 11.4 Å². The summed E-state index contributed by atoms with van der Waals surface area (Å²) in [7, 11) is 0. The van der Waals surface area contributed by atoms with E-state index in [-0.39, 0.29) is 11.3 Å². The van der Waals surface area contributed by atoms with E-state index in [1.165, 1.54) is 6.07 Å². The zero-order valence-corrected chi connectivity index (χ0v) is 13.3. The number of para-hydroxylation sites is 1. The highest BCUT2D eigenvalue weighted by atomic mass is 32.2. The van der Waals surface area contributed by atoms with Gasteiger partial charge in [0.15, 0.2) is 0 Å². The molecule has 0 spiro atoms. The van der Waals surface area contributed by atoms with E-state index in [1.54, 1.807) is 23.9 Å². The second-order valence-electron chi connectivity index (χ2n) is 4.76. The number of nitrogens with one attached hydrogen (secondary N) is 2. The summed E-state index contributed by atoms with van der Waals surface area (Å²) in [6.45, 7) is 4.93. The van der Waals surface area contributed by atoms with E-state index in [0.717, 1.165) is 5.75 Å². The third-order valence-corrected chi connectivity index (χ3v) is 3.80. The summed E-state index contributed by atoms with van der Waals surface area (Å²) in [5, 5.41) is 16.9. The van der Waals surface area contributed by atoms with Crippen LogP contribution >= 0.6 is 11.8 Å². The first kappa shape index (κ1) is 17.3. The first-order valence-electron chi connectivity index (χ1n) is 6.79. The van der Waals surface area contributed by atoms with Gasteiger partial charge in [-0.2, -0.15) is 11.8 Å². The van der Waals surface area contributed by atoms with Gasteiger partial charge in [0, 0.05) is 13.1 Å². The average molecular weight is 311 g/mol. The van der Waals surface area contributed by atoms with Crippen LogP contribution in [0.25, 0.3) is 0 Å². The lowest BCUT2D eigenvalue weighted by atomic mass is 10.1. The number of anilines is 1. The molecule has 1 aromatic carbocycles. The fourth-order valence-electron chi connectivity index (χ4n) is 1.96. The van der Waals surface area contributed by atoms with Crippen molar-refractivity contribution in [3.63, 3.8) is 0 Å². The van der Waals surface area contributed by atoms with Gasteiger partial charge in [0.05, 0.1) is 4.92 Å². The molecule has 0 aliphatic carbocycles. The van der Waals surface area contributed by atoms with Crippen LogP contribution in [0.15, 0.2) is 18.2 Å². The van der Waals surface area contributed by atoms with Crippen molar-refractivity contribution in [1.29, 1.82) is 0 Å². The van der Waals surface area contributed by atoms with Gasteiger partial charge in [-0.3, -0.25) is 14.9 Å². The van der Waals surface area contributed by atoms with E-state index in [9.17, 15) is 14.9 Å². The molecule has 0 aliphatic rings. The number of rotatable bonds is 8. The van der Waals surface area contributed by atoms with E-state index in [1.807, 2.05) is 20.1 Å². The molecule has 0 aromatic heterocycles. The van der Waals surface area contributed by atoms with Crippen LogP contribution in [-0.2, 0) is 0 Å². The zero-order chi connectivity index (χ0) is 15.8. The van der Waals surface area contributed by atoms with Gasteiger partial charge < -0.3 is 10.6 Å². The molecule has 1 aromatic rings. The Hall–Kier alpha value is -1.76. The first-order valence-corrected chi connectivity index (χ1v) is 8.19. The molecule has 1 unspecified atom stereocenters. The number of amides is 1. The van der Waals surface area contributed by atoms with E-state index in [4.69, 9.17) is 0 Å². The SMILES string of the molecule is CCNc1cccc(C(=O)NCC(C)CSC)c1[N+](=O)[O-]. The van der Waals surface area contributed by atoms with Crippen molar-refractivity contribution < 1.29 is 9.72 Å². The van der Waals surface area contributed by atoms with Crippen molar-refractivity contribution in [3.8, 4) is 0 Å². The fraction of sp³-hybridized carbons (Fsp3) is 0.500. The number of benzene rings is 1. The largest absolute Gasteiger partial charge is 0.380 e. The first-order chi connectivity index (χ1) is 10.0. The van der Waals surface area contributed by atoms with Gasteiger partial charge in [-0.05, 0) is 37.0 Å². The molecule has 6 nitrogen and oxygen atoms in total. The van der Waals surface area contributed by atoms with E-state index < -0.39 is 10.8 Å². The summed E-state index contributed by atoms with van der Waals surface area (Å²) in [5.74, 6) is 0.842. The van der Waals surface area contributed by atoms with Crippen LogP contribution in [0, 0.1) is 16.0 Å². The Morgan fingerprint density at radius 3 is 2.76 bits per heavy atom. The van der Waals surface area contributed by atoms with Gasteiger partial charge in [0.2, 0.25) is 0 Å². The summed E-state index contributed by atoms with van der Waals surface area (Å²) in [4.78, 5) is 22.9. The highest BCUT2D eigenvalue weighted by Gasteiger charge is 2.24. The molecule has 0 aliphatic heterocycles.